The number of methoxy groups -OCH3 is 1. The summed E-state index contributed by atoms with van der Waals surface area (Å²) < 4.78 is 11.2. The summed E-state index contributed by atoms with van der Waals surface area (Å²) in [4.78, 5) is 11.7. The maximum atomic E-state index is 5.99. The van der Waals surface area contributed by atoms with Gasteiger partial charge in [0.05, 0.1) is 20.2 Å². The number of hydrogen-bond donors (Lipinski definition) is 2. The van der Waals surface area contributed by atoms with Crippen LogP contribution in [0.2, 0.25) is 0 Å². The first-order valence-corrected chi connectivity index (χ1v) is 11.2. The van der Waals surface area contributed by atoms with Crippen molar-refractivity contribution >= 4 is 35.8 Å². The lowest BCUT2D eigenvalue weighted by Gasteiger charge is -2.27. The minimum Gasteiger partial charge on any atom is -0.497 e. The van der Waals surface area contributed by atoms with E-state index in [1.54, 1.807) is 7.11 Å². The molecule has 0 spiro atoms. The lowest BCUT2D eigenvalue weighted by molar-refractivity contribution is 0.223. The highest BCUT2D eigenvalue weighted by atomic mass is 127. The number of pyridine rings is 1. The largest absolute Gasteiger partial charge is 0.497 e. The van der Waals surface area contributed by atoms with E-state index in [9.17, 15) is 0 Å². The number of halogens is 1. The van der Waals surface area contributed by atoms with Crippen LogP contribution in [-0.4, -0.2) is 50.3 Å². The Morgan fingerprint density at radius 2 is 1.91 bits per heavy atom. The number of piperidine rings is 1. The van der Waals surface area contributed by atoms with Crippen molar-refractivity contribution in [1.29, 1.82) is 0 Å². The van der Waals surface area contributed by atoms with Crippen LogP contribution in [0.3, 0.4) is 0 Å². The normalized spacial score (nSPS) is 14.8. The summed E-state index contributed by atoms with van der Waals surface area (Å²) in [6.45, 7) is 8.32. The van der Waals surface area contributed by atoms with Gasteiger partial charge in [-0.1, -0.05) is 6.07 Å². The minimum atomic E-state index is -0.0254. The van der Waals surface area contributed by atoms with Crippen molar-refractivity contribution in [3.8, 4) is 11.5 Å². The fraction of sp³-hybridized carbons (Fsp3) is 0.500. The van der Waals surface area contributed by atoms with Gasteiger partial charge in [0.25, 0.3) is 0 Å². The van der Waals surface area contributed by atoms with Crippen LogP contribution in [0.15, 0.2) is 47.6 Å². The molecule has 176 valence electrons. The average molecular weight is 553 g/mol. The second-order valence-corrected chi connectivity index (χ2v) is 7.75. The molecule has 1 saturated heterocycles. The van der Waals surface area contributed by atoms with Gasteiger partial charge in [0.1, 0.15) is 23.4 Å². The van der Waals surface area contributed by atoms with Crippen LogP contribution in [0.4, 0.5) is 5.82 Å². The van der Waals surface area contributed by atoms with E-state index in [-0.39, 0.29) is 30.1 Å². The topological polar surface area (TPSA) is 71.0 Å². The van der Waals surface area contributed by atoms with Gasteiger partial charge in [-0.15, -0.1) is 24.0 Å². The highest BCUT2D eigenvalue weighted by molar-refractivity contribution is 14.0. The molecule has 2 heterocycles. The van der Waals surface area contributed by atoms with Gasteiger partial charge in [-0.3, -0.25) is 0 Å². The summed E-state index contributed by atoms with van der Waals surface area (Å²) in [7, 11) is 1.65. The van der Waals surface area contributed by atoms with Crippen molar-refractivity contribution in [1.82, 2.24) is 15.6 Å². The maximum absolute atomic E-state index is 5.99. The van der Waals surface area contributed by atoms with Gasteiger partial charge in [0, 0.05) is 31.9 Å². The van der Waals surface area contributed by atoms with Crippen molar-refractivity contribution in [2.45, 2.75) is 45.8 Å². The SMILES string of the molecule is CCNC(=NCc1ccnc(N2CCCCC2)c1)NCC(C)Oc1cccc(OC)c1.I. The van der Waals surface area contributed by atoms with Crippen molar-refractivity contribution in [3.05, 3.63) is 48.2 Å². The Balaban J connectivity index is 0.00000363. The minimum absolute atomic E-state index is 0. The molecule has 2 aromatic rings. The summed E-state index contributed by atoms with van der Waals surface area (Å²) in [5.74, 6) is 3.41. The zero-order chi connectivity index (χ0) is 21.9. The molecule has 1 aromatic carbocycles. The Kier molecular flexibility index (Phi) is 11.4. The predicted molar refractivity (Wildman–Crippen MR) is 142 cm³/mol. The number of aliphatic imine (C=N–C) groups is 1. The highest BCUT2D eigenvalue weighted by Crippen LogP contribution is 2.20. The molecule has 0 saturated carbocycles. The molecule has 1 aromatic heterocycles. The number of ether oxygens (including phenoxy) is 2. The standard InChI is InChI=1S/C24H35N5O2.HI/c1-4-25-24(27-17-19(2)31-22-10-8-9-21(16-22)30-3)28-18-20-11-12-26-23(15-20)29-13-6-5-7-14-29;/h8-12,15-16,19H,4-7,13-14,17-18H2,1-3H3,(H2,25,27,28);1H. The van der Waals surface area contributed by atoms with Gasteiger partial charge in [0.15, 0.2) is 5.96 Å². The summed E-state index contributed by atoms with van der Waals surface area (Å²) in [5.41, 5.74) is 1.16. The number of hydrogen-bond acceptors (Lipinski definition) is 5. The molecule has 1 atom stereocenters. The van der Waals surface area contributed by atoms with E-state index in [4.69, 9.17) is 14.5 Å². The van der Waals surface area contributed by atoms with Crippen molar-refractivity contribution in [3.63, 3.8) is 0 Å². The van der Waals surface area contributed by atoms with Crippen LogP contribution in [0.5, 0.6) is 11.5 Å². The quantitative estimate of drug-likeness (QED) is 0.276. The predicted octanol–water partition coefficient (Wildman–Crippen LogP) is 4.22. The van der Waals surface area contributed by atoms with Gasteiger partial charge < -0.3 is 25.0 Å². The van der Waals surface area contributed by atoms with Crippen LogP contribution in [0, 0.1) is 0 Å². The van der Waals surface area contributed by atoms with E-state index < -0.39 is 0 Å². The Bertz CT molecular complexity index is 843. The molecular weight excluding hydrogens is 517 g/mol. The fourth-order valence-corrected chi connectivity index (χ4v) is 3.56. The van der Waals surface area contributed by atoms with Crippen LogP contribution in [0.1, 0.15) is 38.7 Å². The van der Waals surface area contributed by atoms with Gasteiger partial charge in [-0.2, -0.15) is 0 Å². The Morgan fingerprint density at radius 3 is 2.66 bits per heavy atom. The molecule has 1 unspecified atom stereocenters. The number of guanidine groups is 1. The number of benzene rings is 1. The third kappa shape index (κ3) is 8.37. The molecule has 0 aliphatic carbocycles. The second kappa shape index (κ2) is 14.0. The molecular formula is C24H36IN5O2. The smallest absolute Gasteiger partial charge is 0.191 e. The third-order valence-corrected chi connectivity index (χ3v) is 5.19. The number of anilines is 1. The van der Waals surface area contributed by atoms with Gasteiger partial charge >= 0.3 is 0 Å². The molecule has 3 rings (SSSR count). The zero-order valence-electron chi connectivity index (χ0n) is 19.3. The van der Waals surface area contributed by atoms with Crippen molar-refractivity contribution in [2.75, 3.05) is 38.2 Å². The molecule has 32 heavy (non-hydrogen) atoms. The Labute approximate surface area is 209 Å². The molecule has 0 radical (unpaired) electrons. The first-order valence-electron chi connectivity index (χ1n) is 11.2. The van der Waals surface area contributed by atoms with Gasteiger partial charge in [-0.25, -0.2) is 9.98 Å². The Hall–Kier alpha value is -2.23. The first kappa shape index (κ1) is 26.0. The molecule has 1 aliphatic rings. The number of aromatic nitrogens is 1. The zero-order valence-corrected chi connectivity index (χ0v) is 21.7. The maximum Gasteiger partial charge on any atom is 0.191 e. The molecule has 2 N–H and O–H groups in total. The second-order valence-electron chi connectivity index (χ2n) is 7.75. The van der Waals surface area contributed by atoms with Crippen LogP contribution >= 0.6 is 24.0 Å². The van der Waals surface area contributed by atoms with Crippen LogP contribution in [0.25, 0.3) is 0 Å². The number of nitrogens with one attached hydrogen (secondary N) is 2. The van der Waals surface area contributed by atoms with Crippen molar-refractivity contribution in [2.24, 2.45) is 4.99 Å². The number of rotatable bonds is 9. The van der Waals surface area contributed by atoms with E-state index in [0.717, 1.165) is 48.5 Å². The monoisotopic (exact) mass is 553 g/mol. The summed E-state index contributed by atoms with van der Waals surface area (Å²) in [5, 5.41) is 6.68. The van der Waals surface area contributed by atoms with Crippen LogP contribution in [-0.2, 0) is 6.54 Å². The van der Waals surface area contributed by atoms with E-state index in [2.05, 4.69) is 33.5 Å². The van der Waals surface area contributed by atoms with Gasteiger partial charge in [0.2, 0.25) is 0 Å². The molecule has 7 nitrogen and oxygen atoms in total. The van der Waals surface area contributed by atoms with E-state index in [1.165, 1.54) is 19.3 Å². The third-order valence-electron chi connectivity index (χ3n) is 5.19. The van der Waals surface area contributed by atoms with Crippen molar-refractivity contribution < 1.29 is 9.47 Å². The first-order chi connectivity index (χ1) is 15.2. The summed E-state index contributed by atoms with van der Waals surface area (Å²) in [6, 6.07) is 11.8. The number of nitrogens with zero attached hydrogens (tertiary/aromatic N) is 3. The van der Waals surface area contributed by atoms with E-state index in [0.29, 0.717) is 13.1 Å². The van der Waals surface area contributed by atoms with Crippen LogP contribution < -0.4 is 25.0 Å². The lowest BCUT2D eigenvalue weighted by Crippen LogP contribution is -2.41. The van der Waals surface area contributed by atoms with E-state index in [1.807, 2.05) is 43.5 Å². The Morgan fingerprint density at radius 1 is 1.12 bits per heavy atom. The average Bonchev–Trinajstić information content (AvgIpc) is 2.82. The summed E-state index contributed by atoms with van der Waals surface area (Å²) >= 11 is 0. The molecule has 1 aliphatic heterocycles. The fourth-order valence-electron chi connectivity index (χ4n) is 3.56. The van der Waals surface area contributed by atoms with E-state index >= 15 is 0 Å². The summed E-state index contributed by atoms with van der Waals surface area (Å²) in [6.07, 6.45) is 5.67. The molecule has 0 amide bonds. The van der Waals surface area contributed by atoms with Gasteiger partial charge in [-0.05, 0) is 62.9 Å². The lowest BCUT2D eigenvalue weighted by atomic mass is 10.1. The molecule has 1 fully saturated rings. The molecule has 0 bridgehead atoms. The molecule has 8 heteroatoms. The highest BCUT2D eigenvalue weighted by Gasteiger charge is 2.12.